The normalized spacial score (nSPS) is 10.2. The predicted molar refractivity (Wildman–Crippen MR) is 67.7 cm³/mol. The van der Waals surface area contributed by atoms with Gasteiger partial charge in [0.05, 0.1) is 11.4 Å². The van der Waals surface area contributed by atoms with Gasteiger partial charge in [0.2, 0.25) is 0 Å². The van der Waals surface area contributed by atoms with Crippen molar-refractivity contribution < 1.29 is 4.39 Å². The van der Waals surface area contributed by atoms with Crippen LogP contribution >= 0.6 is 0 Å². The zero-order valence-electron chi connectivity index (χ0n) is 9.60. The molecule has 0 saturated carbocycles. The summed E-state index contributed by atoms with van der Waals surface area (Å²) in [5.41, 5.74) is 7.04. The number of benzene rings is 1. The van der Waals surface area contributed by atoms with E-state index in [-0.39, 0.29) is 5.82 Å². The number of anilines is 3. The van der Waals surface area contributed by atoms with Gasteiger partial charge < -0.3 is 10.6 Å². The third kappa shape index (κ3) is 2.20. The maximum absolute atomic E-state index is 13.7. The Morgan fingerprint density at radius 1 is 1.18 bits per heavy atom. The fraction of sp³-hybridized carbons (Fsp3) is 0.154. The summed E-state index contributed by atoms with van der Waals surface area (Å²) >= 11 is 0. The molecule has 0 saturated heterocycles. The van der Waals surface area contributed by atoms with Gasteiger partial charge in [0, 0.05) is 12.7 Å². The second kappa shape index (κ2) is 4.82. The lowest BCUT2D eigenvalue weighted by Crippen LogP contribution is -2.19. The molecular weight excluding hydrogens is 217 g/mol. The number of nitrogens with zero attached hydrogens (tertiary/aromatic N) is 2. The van der Waals surface area contributed by atoms with Crippen molar-refractivity contribution in [2.24, 2.45) is 0 Å². The van der Waals surface area contributed by atoms with Crippen molar-refractivity contribution in [1.29, 1.82) is 0 Å². The summed E-state index contributed by atoms with van der Waals surface area (Å²) in [7, 11) is 0. The van der Waals surface area contributed by atoms with E-state index in [9.17, 15) is 4.39 Å². The van der Waals surface area contributed by atoms with E-state index in [1.165, 1.54) is 6.07 Å². The monoisotopic (exact) mass is 231 g/mol. The van der Waals surface area contributed by atoms with Gasteiger partial charge in [-0.3, -0.25) is 0 Å². The summed E-state index contributed by atoms with van der Waals surface area (Å²) in [6, 6.07) is 10.2. The molecule has 2 aromatic rings. The summed E-state index contributed by atoms with van der Waals surface area (Å²) in [6.07, 6.45) is 1.62. The number of para-hydroxylation sites is 1. The minimum absolute atomic E-state index is 0.266. The van der Waals surface area contributed by atoms with Crippen LogP contribution in [0.3, 0.4) is 0 Å². The van der Waals surface area contributed by atoms with E-state index >= 15 is 0 Å². The number of hydrogen-bond acceptors (Lipinski definition) is 3. The molecule has 0 unspecified atom stereocenters. The molecule has 0 fully saturated rings. The molecule has 0 amide bonds. The van der Waals surface area contributed by atoms with Crippen molar-refractivity contribution in [3.05, 3.63) is 48.4 Å². The number of rotatable bonds is 3. The van der Waals surface area contributed by atoms with E-state index < -0.39 is 0 Å². The highest BCUT2D eigenvalue weighted by Crippen LogP contribution is 2.30. The summed E-state index contributed by atoms with van der Waals surface area (Å²) in [5, 5.41) is 0. The Kier molecular flexibility index (Phi) is 3.23. The average molecular weight is 231 g/mol. The molecule has 88 valence electrons. The number of halogens is 1. The van der Waals surface area contributed by atoms with Crippen molar-refractivity contribution in [2.45, 2.75) is 6.92 Å². The van der Waals surface area contributed by atoms with Crippen molar-refractivity contribution in [3.63, 3.8) is 0 Å². The summed E-state index contributed by atoms with van der Waals surface area (Å²) in [4.78, 5) is 5.82. The van der Waals surface area contributed by atoms with Crippen LogP contribution in [0.4, 0.5) is 21.6 Å². The Balaban J connectivity index is 2.48. The third-order valence-electron chi connectivity index (χ3n) is 2.57. The summed E-state index contributed by atoms with van der Waals surface area (Å²) in [6.45, 7) is 2.57. The minimum atomic E-state index is -0.266. The molecule has 1 aromatic carbocycles. The highest BCUT2D eigenvalue weighted by molar-refractivity contribution is 5.72. The Bertz CT molecular complexity index is 468. The molecule has 0 aliphatic heterocycles. The maximum Gasteiger partial charge on any atom is 0.147 e. The number of pyridine rings is 1. The first-order chi connectivity index (χ1) is 8.24. The number of nitrogen functional groups attached to an aromatic ring is 1. The molecular formula is C13H14FN3. The van der Waals surface area contributed by atoms with Crippen LogP contribution in [0.15, 0.2) is 42.6 Å². The zero-order chi connectivity index (χ0) is 12.3. The number of hydrogen-bond donors (Lipinski definition) is 1. The quantitative estimate of drug-likeness (QED) is 0.883. The lowest BCUT2D eigenvalue weighted by molar-refractivity contribution is 0.625. The van der Waals surface area contributed by atoms with Gasteiger partial charge in [0.1, 0.15) is 11.6 Å². The van der Waals surface area contributed by atoms with Gasteiger partial charge in [-0.15, -0.1) is 0 Å². The van der Waals surface area contributed by atoms with E-state index in [0.717, 1.165) is 5.69 Å². The topological polar surface area (TPSA) is 42.2 Å². The lowest BCUT2D eigenvalue weighted by Gasteiger charge is -2.24. The molecule has 3 nitrogen and oxygen atoms in total. The molecule has 0 radical (unpaired) electrons. The van der Waals surface area contributed by atoms with Crippen LogP contribution in [0.25, 0.3) is 0 Å². The van der Waals surface area contributed by atoms with Gasteiger partial charge >= 0.3 is 0 Å². The molecule has 0 aliphatic rings. The Morgan fingerprint density at radius 3 is 2.53 bits per heavy atom. The molecule has 1 aromatic heterocycles. The third-order valence-corrected chi connectivity index (χ3v) is 2.57. The van der Waals surface area contributed by atoms with Crippen molar-refractivity contribution in [1.82, 2.24) is 4.98 Å². The van der Waals surface area contributed by atoms with E-state index in [1.807, 2.05) is 13.0 Å². The standard InChI is InChI=1S/C13H14FN3/c1-2-17(11-7-4-3-6-10(11)14)12-8-5-9-16-13(12)15/h3-9H,2H2,1H3,(H2,15,16). The van der Waals surface area contributed by atoms with E-state index in [4.69, 9.17) is 5.73 Å². The predicted octanol–water partition coefficient (Wildman–Crippen LogP) is 2.96. The van der Waals surface area contributed by atoms with E-state index in [2.05, 4.69) is 4.98 Å². The largest absolute Gasteiger partial charge is 0.382 e. The fourth-order valence-corrected chi connectivity index (χ4v) is 1.78. The molecule has 0 aliphatic carbocycles. The first kappa shape index (κ1) is 11.4. The summed E-state index contributed by atoms with van der Waals surface area (Å²) < 4.78 is 13.7. The minimum Gasteiger partial charge on any atom is -0.382 e. The highest BCUT2D eigenvalue weighted by atomic mass is 19.1. The van der Waals surface area contributed by atoms with Crippen LogP contribution in [0.1, 0.15) is 6.92 Å². The van der Waals surface area contributed by atoms with E-state index in [1.54, 1.807) is 35.4 Å². The Labute approximate surface area is 99.7 Å². The van der Waals surface area contributed by atoms with Crippen molar-refractivity contribution in [2.75, 3.05) is 17.2 Å². The molecule has 1 heterocycles. The molecule has 0 bridgehead atoms. The van der Waals surface area contributed by atoms with Crippen LogP contribution < -0.4 is 10.6 Å². The molecule has 2 N–H and O–H groups in total. The van der Waals surface area contributed by atoms with Crippen LogP contribution in [0, 0.1) is 5.82 Å². The first-order valence-electron chi connectivity index (χ1n) is 5.46. The molecule has 0 atom stereocenters. The van der Waals surface area contributed by atoms with Crippen molar-refractivity contribution in [3.8, 4) is 0 Å². The maximum atomic E-state index is 13.7. The van der Waals surface area contributed by atoms with E-state index in [0.29, 0.717) is 18.1 Å². The van der Waals surface area contributed by atoms with Crippen LogP contribution in [-0.2, 0) is 0 Å². The fourth-order valence-electron chi connectivity index (χ4n) is 1.78. The van der Waals surface area contributed by atoms with Crippen LogP contribution in [0.5, 0.6) is 0 Å². The SMILES string of the molecule is CCN(c1ccccc1F)c1cccnc1N. The first-order valence-corrected chi connectivity index (χ1v) is 5.46. The lowest BCUT2D eigenvalue weighted by atomic mass is 10.2. The van der Waals surface area contributed by atoms with Crippen molar-refractivity contribution >= 4 is 17.2 Å². The van der Waals surface area contributed by atoms with Gasteiger partial charge in [0.25, 0.3) is 0 Å². The number of aromatic nitrogens is 1. The average Bonchev–Trinajstić information content (AvgIpc) is 2.34. The highest BCUT2D eigenvalue weighted by Gasteiger charge is 2.13. The summed E-state index contributed by atoms with van der Waals surface area (Å²) in [5.74, 6) is 0.134. The second-order valence-corrected chi connectivity index (χ2v) is 3.60. The second-order valence-electron chi connectivity index (χ2n) is 3.60. The van der Waals surface area contributed by atoms with Gasteiger partial charge in [-0.25, -0.2) is 9.37 Å². The molecule has 4 heteroatoms. The molecule has 17 heavy (non-hydrogen) atoms. The van der Waals surface area contributed by atoms with Crippen LogP contribution in [-0.4, -0.2) is 11.5 Å². The van der Waals surface area contributed by atoms with Gasteiger partial charge in [0.15, 0.2) is 0 Å². The van der Waals surface area contributed by atoms with Gasteiger partial charge in [-0.2, -0.15) is 0 Å². The van der Waals surface area contributed by atoms with Gasteiger partial charge in [-0.05, 0) is 31.2 Å². The molecule has 0 spiro atoms. The smallest absolute Gasteiger partial charge is 0.147 e. The number of nitrogens with two attached hydrogens (primary N) is 1. The van der Waals surface area contributed by atoms with Gasteiger partial charge in [-0.1, -0.05) is 12.1 Å². The van der Waals surface area contributed by atoms with Crippen LogP contribution in [0.2, 0.25) is 0 Å². The zero-order valence-corrected chi connectivity index (χ0v) is 9.60. The Morgan fingerprint density at radius 2 is 1.88 bits per heavy atom. The molecule has 2 rings (SSSR count). The Hall–Kier alpha value is -2.10.